The van der Waals surface area contributed by atoms with E-state index in [9.17, 15) is 0 Å². The van der Waals surface area contributed by atoms with Crippen LogP contribution in [0.25, 0.3) is 0 Å². The minimum Gasteiger partial charge on any atom is -0.391 e. The van der Waals surface area contributed by atoms with E-state index in [2.05, 4.69) is 0 Å². The third kappa shape index (κ3) is 1.08. The maximum Gasteiger partial charge on any atom is 0.0871 e. The van der Waals surface area contributed by atoms with Gasteiger partial charge in [-0.15, -0.1) is 11.3 Å². The summed E-state index contributed by atoms with van der Waals surface area (Å²) in [6, 6.07) is 1.73. The molecule has 1 heterocycles. The second kappa shape index (κ2) is 1.72. The minimum absolute atomic E-state index is 0.725. The highest BCUT2D eigenvalue weighted by Gasteiger charge is 1.87. The van der Waals surface area contributed by atoms with E-state index >= 15 is 0 Å². The van der Waals surface area contributed by atoms with Crippen molar-refractivity contribution in [2.75, 3.05) is 5.73 Å². The summed E-state index contributed by atoms with van der Waals surface area (Å²) >= 11 is 6.94. The topological polar surface area (TPSA) is 26.0 Å². The Bertz CT molecular complexity index is 144. The summed E-state index contributed by atoms with van der Waals surface area (Å²) in [5.74, 6) is 0. The van der Waals surface area contributed by atoms with Crippen molar-refractivity contribution < 1.29 is 0 Å². The Hall–Kier alpha value is -0.210. The highest BCUT2D eigenvalue weighted by Crippen LogP contribution is 2.19. The molecule has 38 valence electrons. The molecule has 0 unspecified atom stereocenters. The van der Waals surface area contributed by atoms with Gasteiger partial charge in [-0.25, -0.2) is 0 Å². The van der Waals surface area contributed by atoms with Crippen molar-refractivity contribution in [1.29, 1.82) is 0 Å². The molecule has 1 nitrogen and oxygen atoms in total. The van der Waals surface area contributed by atoms with E-state index in [-0.39, 0.29) is 0 Å². The van der Waals surface area contributed by atoms with Crippen LogP contribution in [0.2, 0.25) is 5.02 Å². The van der Waals surface area contributed by atoms with Gasteiger partial charge in [-0.05, 0) is 6.07 Å². The van der Waals surface area contributed by atoms with Gasteiger partial charge in [-0.3, -0.25) is 0 Å². The Labute approximate surface area is 50.7 Å². The first-order valence-electron chi connectivity index (χ1n) is 1.78. The summed E-state index contributed by atoms with van der Waals surface area (Å²) in [5.41, 5.74) is 5.31. The van der Waals surface area contributed by atoms with E-state index in [0.717, 1.165) is 10.0 Å². The molecule has 0 saturated heterocycles. The van der Waals surface area contributed by atoms with Crippen LogP contribution in [0, 0.1) is 0 Å². The number of halogens is 1. The molecule has 0 radical (unpaired) electrons. The van der Waals surface area contributed by atoms with Crippen molar-refractivity contribution in [1.82, 2.24) is 0 Å². The van der Waals surface area contributed by atoms with Crippen LogP contribution in [0.5, 0.6) is 0 Å². The van der Waals surface area contributed by atoms with Crippen LogP contribution in [0.1, 0.15) is 0 Å². The van der Waals surface area contributed by atoms with Crippen LogP contribution in [-0.2, 0) is 0 Å². The first-order valence-corrected chi connectivity index (χ1v) is 3.04. The van der Waals surface area contributed by atoms with Gasteiger partial charge >= 0.3 is 0 Å². The van der Waals surface area contributed by atoms with Gasteiger partial charge in [-0.1, -0.05) is 11.6 Å². The molecular weight excluding hydrogens is 130 g/mol. The monoisotopic (exact) mass is 133 g/mol. The zero-order valence-electron chi connectivity index (χ0n) is 3.52. The van der Waals surface area contributed by atoms with Crippen molar-refractivity contribution >= 4 is 27.9 Å². The fourth-order valence-corrected chi connectivity index (χ4v) is 1.16. The summed E-state index contributed by atoms with van der Waals surface area (Å²) in [4.78, 5) is 0. The molecule has 0 atom stereocenters. The van der Waals surface area contributed by atoms with Crippen molar-refractivity contribution in [2.24, 2.45) is 0 Å². The van der Waals surface area contributed by atoms with Gasteiger partial charge in [0, 0.05) is 5.38 Å². The Balaban J connectivity index is 3.04. The molecule has 1 rings (SSSR count). The van der Waals surface area contributed by atoms with Crippen molar-refractivity contribution in [3.05, 3.63) is 16.5 Å². The van der Waals surface area contributed by atoms with Gasteiger partial charge in [0.05, 0.1) is 10.0 Å². The largest absolute Gasteiger partial charge is 0.391 e. The van der Waals surface area contributed by atoms with Crippen molar-refractivity contribution in [2.45, 2.75) is 0 Å². The molecule has 0 aliphatic rings. The summed E-state index contributed by atoms with van der Waals surface area (Å²) in [5, 5.41) is 3.30. The molecule has 0 aromatic carbocycles. The summed E-state index contributed by atoms with van der Waals surface area (Å²) < 4.78 is 0. The van der Waals surface area contributed by atoms with Crippen molar-refractivity contribution in [3.63, 3.8) is 0 Å². The first kappa shape index (κ1) is 4.94. The predicted molar refractivity (Wildman–Crippen MR) is 33.7 cm³/mol. The Kier molecular flexibility index (Phi) is 1.21. The fraction of sp³-hybridized carbons (Fsp3) is 0. The SMILES string of the molecule is Nc1cc(Cl)cs1. The second-order valence-corrected chi connectivity index (χ2v) is 2.55. The average molecular weight is 134 g/mol. The number of nitrogens with two attached hydrogens (primary N) is 1. The van der Waals surface area contributed by atoms with E-state index in [1.54, 1.807) is 11.4 Å². The number of hydrogen-bond donors (Lipinski definition) is 1. The van der Waals surface area contributed by atoms with Gasteiger partial charge in [0.2, 0.25) is 0 Å². The fourth-order valence-electron chi connectivity index (χ4n) is 0.328. The zero-order valence-corrected chi connectivity index (χ0v) is 5.09. The molecule has 0 amide bonds. The van der Waals surface area contributed by atoms with Crippen LogP contribution in [0.15, 0.2) is 11.4 Å². The van der Waals surface area contributed by atoms with Gasteiger partial charge in [0.1, 0.15) is 0 Å². The maximum absolute atomic E-state index is 5.49. The third-order valence-electron chi connectivity index (χ3n) is 0.588. The van der Waals surface area contributed by atoms with Crippen LogP contribution < -0.4 is 5.73 Å². The third-order valence-corrected chi connectivity index (χ3v) is 1.70. The van der Waals surface area contributed by atoms with Crippen molar-refractivity contribution in [3.8, 4) is 0 Å². The molecule has 1 aromatic heterocycles. The molecule has 7 heavy (non-hydrogen) atoms. The Morgan fingerprint density at radius 2 is 2.43 bits per heavy atom. The Morgan fingerprint density at radius 1 is 1.71 bits per heavy atom. The highest BCUT2D eigenvalue weighted by atomic mass is 35.5. The lowest BCUT2D eigenvalue weighted by Gasteiger charge is -1.70. The summed E-state index contributed by atoms with van der Waals surface area (Å²) in [7, 11) is 0. The van der Waals surface area contributed by atoms with E-state index in [1.807, 2.05) is 0 Å². The molecule has 0 spiro atoms. The first-order chi connectivity index (χ1) is 3.29. The highest BCUT2D eigenvalue weighted by molar-refractivity contribution is 7.14. The smallest absolute Gasteiger partial charge is 0.0871 e. The molecule has 2 N–H and O–H groups in total. The quantitative estimate of drug-likeness (QED) is 0.576. The van der Waals surface area contributed by atoms with E-state index < -0.39 is 0 Å². The molecule has 0 fully saturated rings. The molecule has 1 aromatic rings. The lowest BCUT2D eigenvalue weighted by atomic mass is 10.6. The number of hydrogen-bond acceptors (Lipinski definition) is 2. The van der Waals surface area contributed by atoms with E-state index in [0.29, 0.717) is 0 Å². The van der Waals surface area contributed by atoms with Gasteiger partial charge in [0.25, 0.3) is 0 Å². The zero-order chi connectivity index (χ0) is 5.28. The van der Waals surface area contributed by atoms with Crippen LogP contribution in [-0.4, -0.2) is 0 Å². The summed E-state index contributed by atoms with van der Waals surface area (Å²) in [6.07, 6.45) is 0. The van der Waals surface area contributed by atoms with E-state index in [4.69, 9.17) is 17.3 Å². The molecule has 0 bridgehead atoms. The maximum atomic E-state index is 5.49. The molecule has 0 saturated carbocycles. The lowest BCUT2D eigenvalue weighted by Crippen LogP contribution is -1.72. The molecule has 3 heteroatoms. The van der Waals surface area contributed by atoms with Crippen LogP contribution >= 0.6 is 22.9 Å². The average Bonchev–Trinajstić information content (AvgIpc) is 1.87. The predicted octanol–water partition coefficient (Wildman–Crippen LogP) is 1.98. The Morgan fingerprint density at radius 3 is 2.57 bits per heavy atom. The normalized spacial score (nSPS) is 9.29. The standard InChI is InChI=1S/C4H4ClNS/c5-3-1-4(6)7-2-3/h1-2H,6H2. The van der Waals surface area contributed by atoms with Gasteiger partial charge in [0.15, 0.2) is 0 Å². The molecule has 0 aliphatic carbocycles. The number of anilines is 1. The molecular formula is C4H4ClNS. The van der Waals surface area contributed by atoms with Gasteiger partial charge < -0.3 is 5.73 Å². The van der Waals surface area contributed by atoms with Crippen LogP contribution in [0.4, 0.5) is 5.00 Å². The molecule has 0 aliphatic heterocycles. The van der Waals surface area contributed by atoms with E-state index in [1.165, 1.54) is 11.3 Å². The summed E-state index contributed by atoms with van der Waals surface area (Å²) in [6.45, 7) is 0. The number of rotatable bonds is 0. The lowest BCUT2D eigenvalue weighted by molar-refractivity contribution is 1.94. The number of nitrogen functional groups attached to an aromatic ring is 1. The minimum atomic E-state index is 0.725. The van der Waals surface area contributed by atoms with Gasteiger partial charge in [-0.2, -0.15) is 0 Å². The van der Waals surface area contributed by atoms with Crippen LogP contribution in [0.3, 0.4) is 0 Å². The second-order valence-electron chi connectivity index (χ2n) is 1.17. The number of thiophene rings is 1.